The molecule has 0 aliphatic carbocycles. The molecule has 0 saturated heterocycles. The van der Waals surface area contributed by atoms with Gasteiger partial charge in [-0.15, -0.1) is 0 Å². The lowest BCUT2D eigenvalue weighted by molar-refractivity contribution is 0.865. The number of fused-ring (bicyclic) bond motifs is 4. The Kier molecular flexibility index (Phi) is 10.1. The summed E-state index contributed by atoms with van der Waals surface area (Å²) in [6, 6.07) is 73.9. The number of para-hydroxylation sites is 5. The predicted molar refractivity (Wildman–Crippen MR) is 270 cm³/mol. The van der Waals surface area contributed by atoms with Crippen molar-refractivity contribution in [2.75, 3.05) is 9.80 Å². The minimum atomic E-state index is 0.521. The third kappa shape index (κ3) is 7.11. The third-order valence-electron chi connectivity index (χ3n) is 11.9. The van der Waals surface area contributed by atoms with E-state index in [4.69, 9.17) is 15.0 Å². The Hall–Kier alpha value is -8.81. The first-order valence-corrected chi connectivity index (χ1v) is 21.7. The normalized spacial score (nSPS) is 11.5. The van der Waals surface area contributed by atoms with Gasteiger partial charge in [-0.05, 0) is 97.9 Å². The zero-order chi connectivity index (χ0) is 43.7. The maximum absolute atomic E-state index is 5.42. The molecule has 0 fully saturated rings. The molecule has 0 spiro atoms. The van der Waals surface area contributed by atoms with Crippen molar-refractivity contribution in [3.63, 3.8) is 0 Å². The van der Waals surface area contributed by atoms with E-state index in [0.717, 1.165) is 83.7 Å². The summed E-state index contributed by atoms with van der Waals surface area (Å²) < 4.78 is 4.34. The van der Waals surface area contributed by atoms with Crippen LogP contribution in [-0.4, -0.2) is 24.1 Å². The molecule has 0 N–H and O–H groups in total. The van der Waals surface area contributed by atoms with E-state index in [-0.39, 0.29) is 0 Å². The van der Waals surface area contributed by atoms with Crippen LogP contribution in [0.5, 0.6) is 0 Å². The Morgan fingerprint density at radius 3 is 1.37 bits per heavy atom. The Labute approximate surface area is 377 Å². The standard InChI is InChI=1S/C58H43N7/c1-3-4-32-49-41(2)62(54-37-35-47(39-51(49)54)63(43-24-12-6-13-25-43)44-26-14-7-15-27-44)57-59-56(42-22-10-5-11-23-42)60-58(61-57)65-53-34-21-20-33-50(53)52-40-48(36-38-55(52)65)64(45-28-16-8-17-29-45)46-30-18-9-19-31-46/h3-40H,1H2,2H3/b32-4-. The molecule has 7 nitrogen and oxygen atoms in total. The van der Waals surface area contributed by atoms with Gasteiger partial charge in [-0.25, -0.2) is 0 Å². The van der Waals surface area contributed by atoms with Crippen molar-refractivity contribution < 1.29 is 0 Å². The van der Waals surface area contributed by atoms with Crippen LogP contribution in [-0.2, 0) is 0 Å². The molecule has 0 amide bonds. The Morgan fingerprint density at radius 2 is 0.846 bits per heavy atom. The lowest BCUT2D eigenvalue weighted by Crippen LogP contribution is -2.11. The molecule has 65 heavy (non-hydrogen) atoms. The molecule has 8 aromatic carbocycles. The van der Waals surface area contributed by atoms with Crippen LogP contribution in [0.3, 0.4) is 0 Å². The molecule has 0 saturated carbocycles. The predicted octanol–water partition coefficient (Wildman–Crippen LogP) is 15.0. The monoisotopic (exact) mass is 837 g/mol. The van der Waals surface area contributed by atoms with E-state index in [0.29, 0.717) is 17.7 Å². The van der Waals surface area contributed by atoms with Crippen molar-refractivity contribution in [2.24, 2.45) is 0 Å². The first-order chi connectivity index (χ1) is 32.1. The lowest BCUT2D eigenvalue weighted by Gasteiger charge is -2.25. The molecule has 11 aromatic rings. The highest BCUT2D eigenvalue weighted by molar-refractivity contribution is 6.10. The molecule has 0 unspecified atom stereocenters. The van der Waals surface area contributed by atoms with Gasteiger partial charge in [0.15, 0.2) is 5.82 Å². The highest BCUT2D eigenvalue weighted by Gasteiger charge is 2.23. The molecule has 0 bridgehead atoms. The van der Waals surface area contributed by atoms with Crippen molar-refractivity contribution in [2.45, 2.75) is 6.92 Å². The molecule has 310 valence electrons. The molecule has 0 aliphatic rings. The fourth-order valence-electron chi connectivity index (χ4n) is 8.99. The van der Waals surface area contributed by atoms with Crippen LogP contribution in [0.1, 0.15) is 11.3 Å². The van der Waals surface area contributed by atoms with Crippen molar-refractivity contribution >= 4 is 72.9 Å². The summed E-state index contributed by atoms with van der Waals surface area (Å²) in [4.78, 5) is 20.6. The largest absolute Gasteiger partial charge is 0.310 e. The second-order valence-electron chi connectivity index (χ2n) is 15.8. The highest BCUT2D eigenvalue weighted by atomic mass is 15.3. The first-order valence-electron chi connectivity index (χ1n) is 21.7. The quantitative estimate of drug-likeness (QED) is 0.121. The van der Waals surface area contributed by atoms with E-state index < -0.39 is 0 Å². The average molecular weight is 838 g/mol. The van der Waals surface area contributed by atoms with Crippen molar-refractivity contribution in [1.82, 2.24) is 24.1 Å². The Balaban J connectivity index is 1.13. The number of rotatable bonds is 11. The van der Waals surface area contributed by atoms with Crippen LogP contribution in [0.15, 0.2) is 231 Å². The minimum Gasteiger partial charge on any atom is -0.310 e. The van der Waals surface area contributed by atoms with Crippen molar-refractivity contribution in [3.8, 4) is 23.3 Å². The molecule has 11 rings (SSSR count). The number of nitrogens with zero attached hydrogens (tertiary/aromatic N) is 7. The maximum Gasteiger partial charge on any atom is 0.240 e. The van der Waals surface area contributed by atoms with Gasteiger partial charge in [0.2, 0.25) is 11.9 Å². The van der Waals surface area contributed by atoms with Crippen LogP contribution in [0.25, 0.3) is 62.1 Å². The van der Waals surface area contributed by atoms with E-state index in [1.165, 1.54) is 0 Å². The van der Waals surface area contributed by atoms with Crippen molar-refractivity contribution in [1.29, 1.82) is 0 Å². The number of allylic oxidation sites excluding steroid dienone is 2. The van der Waals surface area contributed by atoms with Gasteiger partial charge in [-0.2, -0.15) is 15.0 Å². The van der Waals surface area contributed by atoms with Gasteiger partial charge in [-0.1, -0.05) is 146 Å². The van der Waals surface area contributed by atoms with Gasteiger partial charge in [0.25, 0.3) is 0 Å². The molecule has 3 aromatic heterocycles. The van der Waals surface area contributed by atoms with E-state index in [1.807, 2.05) is 42.5 Å². The Bertz CT molecular complexity index is 3430. The summed E-state index contributed by atoms with van der Waals surface area (Å²) in [6.07, 6.45) is 5.93. The van der Waals surface area contributed by atoms with Gasteiger partial charge in [0.1, 0.15) is 0 Å². The van der Waals surface area contributed by atoms with Gasteiger partial charge >= 0.3 is 0 Å². The van der Waals surface area contributed by atoms with E-state index in [9.17, 15) is 0 Å². The van der Waals surface area contributed by atoms with Crippen LogP contribution < -0.4 is 9.80 Å². The summed E-state index contributed by atoms with van der Waals surface area (Å²) in [5.74, 6) is 1.62. The fourth-order valence-corrected chi connectivity index (χ4v) is 8.99. The summed E-state index contributed by atoms with van der Waals surface area (Å²) in [6.45, 7) is 6.15. The van der Waals surface area contributed by atoms with Crippen LogP contribution in [0.2, 0.25) is 0 Å². The van der Waals surface area contributed by atoms with E-state index in [1.54, 1.807) is 0 Å². The molecule has 0 radical (unpaired) electrons. The summed E-state index contributed by atoms with van der Waals surface area (Å²) in [5, 5.41) is 3.25. The van der Waals surface area contributed by atoms with Crippen LogP contribution >= 0.6 is 0 Å². The van der Waals surface area contributed by atoms with Gasteiger partial charge < -0.3 is 9.80 Å². The zero-order valence-corrected chi connectivity index (χ0v) is 35.8. The zero-order valence-electron chi connectivity index (χ0n) is 35.8. The highest BCUT2D eigenvalue weighted by Crippen LogP contribution is 2.41. The van der Waals surface area contributed by atoms with Gasteiger partial charge in [0.05, 0.1) is 16.6 Å². The Morgan fingerprint density at radius 1 is 0.415 bits per heavy atom. The van der Waals surface area contributed by atoms with Gasteiger partial charge in [0, 0.05) is 67.1 Å². The summed E-state index contributed by atoms with van der Waals surface area (Å²) >= 11 is 0. The van der Waals surface area contributed by atoms with Crippen molar-refractivity contribution in [3.05, 3.63) is 242 Å². The number of hydrogen-bond acceptors (Lipinski definition) is 5. The topological polar surface area (TPSA) is 55.0 Å². The summed E-state index contributed by atoms with van der Waals surface area (Å²) in [7, 11) is 0. The van der Waals surface area contributed by atoms with E-state index in [2.05, 4.69) is 221 Å². The summed E-state index contributed by atoms with van der Waals surface area (Å²) in [5.41, 5.74) is 12.3. The maximum atomic E-state index is 5.42. The first kappa shape index (κ1) is 39.1. The molecular formula is C58H43N7. The molecule has 0 atom stereocenters. The van der Waals surface area contributed by atoms with E-state index >= 15 is 0 Å². The average Bonchev–Trinajstić information content (AvgIpc) is 3.85. The number of anilines is 6. The van der Waals surface area contributed by atoms with Gasteiger partial charge in [-0.3, -0.25) is 9.13 Å². The smallest absolute Gasteiger partial charge is 0.240 e. The number of aromatic nitrogens is 5. The lowest BCUT2D eigenvalue weighted by atomic mass is 10.1. The molecular weight excluding hydrogens is 795 g/mol. The number of benzene rings is 8. The van der Waals surface area contributed by atoms with Crippen LogP contribution in [0.4, 0.5) is 34.1 Å². The molecule has 3 heterocycles. The second-order valence-corrected chi connectivity index (χ2v) is 15.8. The molecule has 7 heteroatoms. The SMILES string of the molecule is C=C/C=C\c1c(C)n(-c2nc(-c3ccccc3)nc(-n3c4ccccc4c4cc(N(c5ccccc5)c5ccccc5)ccc43)n2)c2ccc(N(c3ccccc3)c3ccccc3)cc12. The molecule has 0 aliphatic heterocycles. The number of hydrogen-bond donors (Lipinski definition) is 0. The fraction of sp³-hybridized carbons (Fsp3) is 0.0172. The third-order valence-corrected chi connectivity index (χ3v) is 11.9. The minimum absolute atomic E-state index is 0.521. The second kappa shape index (κ2) is 16.8. The van der Waals surface area contributed by atoms with Crippen LogP contribution in [0, 0.1) is 6.92 Å².